The molecule has 2 N–H and O–H groups in total. The lowest BCUT2D eigenvalue weighted by Crippen LogP contribution is -1.99. The molecule has 0 saturated carbocycles. The first kappa shape index (κ1) is 13.1. The summed E-state index contributed by atoms with van der Waals surface area (Å²) >= 11 is 0. The molecule has 0 fully saturated rings. The summed E-state index contributed by atoms with van der Waals surface area (Å²) in [6.07, 6.45) is 0. The van der Waals surface area contributed by atoms with E-state index < -0.39 is 5.78 Å². The standard InChI is InChI=1S/C16H12O5/c1-20-10-7-11(17)13-12(8-10)21-16(15(13)19)14(18)9-5-3-2-4-6-9/h2-8,17,19H,1H3. The molecule has 0 aliphatic rings. The number of fused-ring (bicyclic) bond motifs is 1. The predicted octanol–water partition coefficient (Wildman–Crippen LogP) is 3.08. The van der Waals surface area contributed by atoms with E-state index in [1.807, 2.05) is 0 Å². The second-order valence-corrected chi connectivity index (χ2v) is 4.49. The number of furan rings is 1. The maximum absolute atomic E-state index is 12.3. The number of phenolic OH excluding ortho intramolecular Hbond substituents is 1. The number of benzene rings is 2. The van der Waals surface area contributed by atoms with Gasteiger partial charge in [-0.3, -0.25) is 4.79 Å². The van der Waals surface area contributed by atoms with Gasteiger partial charge in [0.25, 0.3) is 0 Å². The Morgan fingerprint density at radius 2 is 1.86 bits per heavy atom. The van der Waals surface area contributed by atoms with E-state index in [-0.39, 0.29) is 28.2 Å². The van der Waals surface area contributed by atoms with Crippen molar-refractivity contribution in [2.24, 2.45) is 0 Å². The van der Waals surface area contributed by atoms with Gasteiger partial charge in [-0.25, -0.2) is 0 Å². The Labute approximate surface area is 120 Å². The SMILES string of the molecule is COc1cc(O)c2c(O)c(C(=O)c3ccccc3)oc2c1. The summed E-state index contributed by atoms with van der Waals surface area (Å²) in [5, 5.41) is 20.2. The third-order valence-corrected chi connectivity index (χ3v) is 3.20. The van der Waals surface area contributed by atoms with Crippen LogP contribution in [0.4, 0.5) is 0 Å². The first-order valence-electron chi connectivity index (χ1n) is 6.24. The number of methoxy groups -OCH3 is 1. The maximum atomic E-state index is 12.3. The van der Waals surface area contributed by atoms with Crippen LogP contribution in [0.25, 0.3) is 11.0 Å². The van der Waals surface area contributed by atoms with Gasteiger partial charge in [0.05, 0.1) is 7.11 Å². The predicted molar refractivity (Wildman–Crippen MR) is 76.0 cm³/mol. The van der Waals surface area contributed by atoms with Crippen LogP contribution in [0.5, 0.6) is 17.2 Å². The normalized spacial score (nSPS) is 10.7. The van der Waals surface area contributed by atoms with Gasteiger partial charge >= 0.3 is 0 Å². The number of rotatable bonds is 3. The van der Waals surface area contributed by atoms with Crippen LogP contribution in [0.1, 0.15) is 16.1 Å². The number of carbonyl (C=O) groups is 1. The van der Waals surface area contributed by atoms with Crippen molar-refractivity contribution in [3.63, 3.8) is 0 Å². The van der Waals surface area contributed by atoms with Crippen LogP contribution in [0.3, 0.4) is 0 Å². The maximum Gasteiger partial charge on any atom is 0.232 e. The van der Waals surface area contributed by atoms with Crippen molar-refractivity contribution < 1.29 is 24.2 Å². The molecule has 0 bridgehead atoms. The zero-order valence-electron chi connectivity index (χ0n) is 11.2. The monoisotopic (exact) mass is 284 g/mol. The minimum atomic E-state index is -0.456. The fraction of sp³-hybridized carbons (Fsp3) is 0.0625. The van der Waals surface area contributed by atoms with Crippen molar-refractivity contribution in [1.29, 1.82) is 0 Å². The van der Waals surface area contributed by atoms with Gasteiger partial charge < -0.3 is 19.4 Å². The number of hydrogen-bond donors (Lipinski definition) is 2. The number of hydrogen-bond acceptors (Lipinski definition) is 5. The van der Waals surface area contributed by atoms with E-state index in [1.165, 1.54) is 19.2 Å². The molecule has 2 aromatic carbocycles. The molecule has 1 heterocycles. The highest BCUT2D eigenvalue weighted by molar-refractivity contribution is 6.12. The Balaban J connectivity index is 2.18. The minimum absolute atomic E-state index is 0.0927. The van der Waals surface area contributed by atoms with Crippen molar-refractivity contribution in [1.82, 2.24) is 0 Å². The summed E-state index contributed by atoms with van der Waals surface area (Å²) in [6.45, 7) is 0. The summed E-state index contributed by atoms with van der Waals surface area (Å²) in [5.41, 5.74) is 0.571. The quantitative estimate of drug-likeness (QED) is 0.722. The minimum Gasteiger partial charge on any atom is -0.507 e. The summed E-state index contributed by atoms with van der Waals surface area (Å²) < 4.78 is 10.4. The van der Waals surface area contributed by atoms with Crippen LogP contribution < -0.4 is 4.74 Å². The molecule has 3 aromatic rings. The Hall–Kier alpha value is -2.95. The summed E-state index contributed by atoms with van der Waals surface area (Å²) in [5.74, 6) is -0.883. The van der Waals surface area contributed by atoms with Crippen LogP contribution in [0.2, 0.25) is 0 Å². The van der Waals surface area contributed by atoms with Crippen molar-refractivity contribution in [2.75, 3.05) is 7.11 Å². The highest BCUT2D eigenvalue weighted by Gasteiger charge is 2.24. The number of ketones is 1. The molecule has 0 atom stereocenters. The second kappa shape index (κ2) is 4.86. The topological polar surface area (TPSA) is 79.9 Å². The molecule has 0 saturated heterocycles. The molecule has 106 valence electrons. The van der Waals surface area contributed by atoms with Gasteiger partial charge in [-0.05, 0) is 0 Å². The van der Waals surface area contributed by atoms with Gasteiger partial charge in [-0.15, -0.1) is 0 Å². The smallest absolute Gasteiger partial charge is 0.232 e. The summed E-state index contributed by atoms with van der Waals surface area (Å²) in [7, 11) is 1.44. The van der Waals surface area contributed by atoms with Crippen LogP contribution in [0.15, 0.2) is 46.9 Å². The lowest BCUT2D eigenvalue weighted by atomic mass is 10.1. The lowest BCUT2D eigenvalue weighted by molar-refractivity contribution is 0.101. The van der Waals surface area contributed by atoms with E-state index in [0.29, 0.717) is 11.3 Å². The lowest BCUT2D eigenvalue weighted by Gasteiger charge is -2.00. The van der Waals surface area contributed by atoms with E-state index in [1.54, 1.807) is 30.3 Å². The molecule has 0 aliphatic carbocycles. The van der Waals surface area contributed by atoms with E-state index in [2.05, 4.69) is 0 Å². The summed E-state index contributed by atoms with van der Waals surface area (Å²) in [4.78, 5) is 12.3. The zero-order chi connectivity index (χ0) is 15.0. The number of ether oxygens (including phenoxy) is 1. The fourth-order valence-corrected chi connectivity index (χ4v) is 2.16. The van der Waals surface area contributed by atoms with Crippen LogP contribution in [-0.4, -0.2) is 23.1 Å². The van der Waals surface area contributed by atoms with Gasteiger partial charge in [0.2, 0.25) is 11.5 Å². The average Bonchev–Trinajstić information content (AvgIpc) is 2.84. The van der Waals surface area contributed by atoms with Crippen LogP contribution in [-0.2, 0) is 0 Å². The van der Waals surface area contributed by atoms with Gasteiger partial charge in [0, 0.05) is 17.7 Å². The highest BCUT2D eigenvalue weighted by atomic mass is 16.5. The first-order valence-corrected chi connectivity index (χ1v) is 6.24. The Morgan fingerprint density at radius 3 is 2.52 bits per heavy atom. The van der Waals surface area contributed by atoms with Gasteiger partial charge in [0.1, 0.15) is 22.5 Å². The average molecular weight is 284 g/mol. The fourth-order valence-electron chi connectivity index (χ4n) is 2.16. The molecule has 0 aliphatic heterocycles. The van der Waals surface area contributed by atoms with Crippen LogP contribution in [0, 0.1) is 0 Å². The third-order valence-electron chi connectivity index (χ3n) is 3.20. The van der Waals surface area contributed by atoms with E-state index in [4.69, 9.17) is 9.15 Å². The second-order valence-electron chi connectivity index (χ2n) is 4.49. The number of phenols is 1. The summed E-state index contributed by atoms with van der Waals surface area (Å²) in [6, 6.07) is 11.3. The van der Waals surface area contributed by atoms with Gasteiger partial charge in [-0.1, -0.05) is 30.3 Å². The molecular formula is C16H12O5. The molecule has 5 heteroatoms. The first-order chi connectivity index (χ1) is 10.1. The van der Waals surface area contributed by atoms with E-state index in [9.17, 15) is 15.0 Å². The zero-order valence-corrected chi connectivity index (χ0v) is 11.2. The van der Waals surface area contributed by atoms with E-state index in [0.717, 1.165) is 0 Å². The highest BCUT2D eigenvalue weighted by Crippen LogP contribution is 2.41. The molecular weight excluding hydrogens is 272 g/mol. The van der Waals surface area contributed by atoms with Crippen molar-refractivity contribution >= 4 is 16.8 Å². The third kappa shape index (κ3) is 2.08. The molecule has 3 rings (SSSR count). The van der Waals surface area contributed by atoms with Crippen LogP contribution >= 0.6 is 0 Å². The van der Waals surface area contributed by atoms with Crippen molar-refractivity contribution in [3.05, 3.63) is 53.8 Å². The molecule has 0 spiro atoms. The van der Waals surface area contributed by atoms with Crippen molar-refractivity contribution in [3.8, 4) is 17.2 Å². The Morgan fingerprint density at radius 1 is 1.14 bits per heavy atom. The van der Waals surface area contributed by atoms with Gasteiger partial charge in [-0.2, -0.15) is 0 Å². The number of carbonyl (C=O) groups excluding carboxylic acids is 1. The molecule has 0 radical (unpaired) electrons. The molecule has 1 aromatic heterocycles. The largest absolute Gasteiger partial charge is 0.507 e. The molecule has 21 heavy (non-hydrogen) atoms. The van der Waals surface area contributed by atoms with E-state index >= 15 is 0 Å². The molecule has 0 amide bonds. The Bertz CT molecular complexity index is 818. The number of aromatic hydroxyl groups is 2. The molecule has 5 nitrogen and oxygen atoms in total. The van der Waals surface area contributed by atoms with Crippen molar-refractivity contribution in [2.45, 2.75) is 0 Å². The Kier molecular flexibility index (Phi) is 3.02. The van der Waals surface area contributed by atoms with Gasteiger partial charge in [0.15, 0.2) is 5.75 Å². The molecule has 0 unspecified atom stereocenters.